The SMILES string of the molecule is C/C(=N/NS(=O)(=O)c1ccc(F)cc1)c1ccc2ccccc2c1O. The number of nitrogens with one attached hydrogen (secondary N) is 1. The van der Waals surface area contributed by atoms with Crippen LogP contribution in [0.1, 0.15) is 12.5 Å². The van der Waals surface area contributed by atoms with Crippen LogP contribution < -0.4 is 4.83 Å². The van der Waals surface area contributed by atoms with Gasteiger partial charge in [-0.2, -0.15) is 18.4 Å². The zero-order valence-corrected chi connectivity index (χ0v) is 14.1. The molecule has 0 aliphatic carbocycles. The van der Waals surface area contributed by atoms with Crippen molar-refractivity contribution in [1.82, 2.24) is 4.83 Å². The Morgan fingerprint density at radius 2 is 1.72 bits per heavy atom. The van der Waals surface area contributed by atoms with Crippen LogP contribution >= 0.6 is 0 Å². The summed E-state index contributed by atoms with van der Waals surface area (Å²) in [5, 5.41) is 15.8. The summed E-state index contributed by atoms with van der Waals surface area (Å²) in [4.78, 5) is 1.99. The van der Waals surface area contributed by atoms with Crippen LogP contribution in [0.5, 0.6) is 5.75 Å². The number of halogens is 1. The van der Waals surface area contributed by atoms with Crippen molar-refractivity contribution in [1.29, 1.82) is 0 Å². The Kier molecular flexibility index (Phi) is 4.41. The standard InChI is InChI=1S/C18H15FN2O3S/c1-12(16-11-6-13-4-2-3-5-17(13)18(16)22)20-21-25(23,24)15-9-7-14(19)8-10-15/h2-11,21-22H,1H3/b20-12-. The van der Waals surface area contributed by atoms with Crippen LogP contribution in [0.25, 0.3) is 10.8 Å². The Balaban J connectivity index is 1.91. The minimum Gasteiger partial charge on any atom is -0.507 e. The van der Waals surface area contributed by atoms with Gasteiger partial charge in [-0.05, 0) is 42.6 Å². The molecule has 0 amide bonds. The normalized spacial score (nSPS) is 12.3. The van der Waals surface area contributed by atoms with Gasteiger partial charge in [0.25, 0.3) is 10.0 Å². The second-order valence-electron chi connectivity index (χ2n) is 5.43. The molecular formula is C18H15FN2O3S. The maximum absolute atomic E-state index is 12.9. The van der Waals surface area contributed by atoms with Crippen LogP contribution in [-0.2, 0) is 10.0 Å². The minimum absolute atomic E-state index is 0.0281. The molecule has 3 aromatic carbocycles. The Morgan fingerprint density at radius 3 is 2.44 bits per heavy atom. The van der Waals surface area contributed by atoms with Crippen LogP contribution in [0.4, 0.5) is 4.39 Å². The van der Waals surface area contributed by atoms with Gasteiger partial charge in [0.05, 0.1) is 10.6 Å². The maximum atomic E-state index is 12.9. The lowest BCUT2D eigenvalue weighted by Gasteiger charge is -2.09. The van der Waals surface area contributed by atoms with Gasteiger partial charge in [0.15, 0.2) is 0 Å². The second-order valence-corrected chi connectivity index (χ2v) is 7.09. The minimum atomic E-state index is -3.92. The number of hydrogen-bond donors (Lipinski definition) is 2. The third-order valence-corrected chi connectivity index (χ3v) is 4.97. The fourth-order valence-corrected chi connectivity index (χ4v) is 3.26. The fraction of sp³-hybridized carbons (Fsp3) is 0.0556. The van der Waals surface area contributed by atoms with Crippen molar-refractivity contribution in [2.45, 2.75) is 11.8 Å². The van der Waals surface area contributed by atoms with Gasteiger partial charge >= 0.3 is 0 Å². The number of hydrazone groups is 1. The second kappa shape index (κ2) is 6.52. The van der Waals surface area contributed by atoms with E-state index >= 15 is 0 Å². The van der Waals surface area contributed by atoms with E-state index in [0.29, 0.717) is 16.7 Å². The lowest BCUT2D eigenvalue weighted by Crippen LogP contribution is -2.20. The summed E-state index contributed by atoms with van der Waals surface area (Å²) in [6, 6.07) is 15.2. The number of benzene rings is 3. The number of nitrogens with zero attached hydrogens (tertiary/aromatic N) is 1. The van der Waals surface area contributed by atoms with E-state index < -0.39 is 15.8 Å². The first-order chi connectivity index (χ1) is 11.9. The predicted octanol–water partition coefficient (Wildman–Crippen LogP) is 3.39. The van der Waals surface area contributed by atoms with E-state index in [0.717, 1.165) is 29.7 Å². The molecule has 0 unspecified atom stereocenters. The van der Waals surface area contributed by atoms with Crippen molar-refractivity contribution >= 4 is 26.5 Å². The van der Waals surface area contributed by atoms with E-state index in [9.17, 15) is 17.9 Å². The third-order valence-electron chi connectivity index (χ3n) is 3.75. The molecule has 0 saturated carbocycles. The van der Waals surface area contributed by atoms with E-state index in [2.05, 4.69) is 9.93 Å². The van der Waals surface area contributed by atoms with Crippen molar-refractivity contribution in [2.75, 3.05) is 0 Å². The summed E-state index contributed by atoms with van der Waals surface area (Å²) in [5.74, 6) is -0.500. The smallest absolute Gasteiger partial charge is 0.276 e. The Morgan fingerprint density at radius 1 is 1.04 bits per heavy atom. The molecule has 3 rings (SSSR count). The Labute approximate surface area is 144 Å². The van der Waals surface area contributed by atoms with Crippen LogP contribution in [0.3, 0.4) is 0 Å². The van der Waals surface area contributed by atoms with Gasteiger partial charge < -0.3 is 5.11 Å². The largest absolute Gasteiger partial charge is 0.507 e. The lowest BCUT2D eigenvalue weighted by molar-refractivity contribution is 0.480. The Hall–Kier alpha value is -2.93. The van der Waals surface area contributed by atoms with Gasteiger partial charge in [0.1, 0.15) is 11.6 Å². The van der Waals surface area contributed by atoms with Gasteiger partial charge in [-0.15, -0.1) is 0 Å². The first-order valence-electron chi connectivity index (χ1n) is 7.41. The number of sulfonamides is 1. The molecule has 0 spiro atoms. The topological polar surface area (TPSA) is 78.8 Å². The molecule has 0 aliphatic heterocycles. The molecule has 0 aromatic heterocycles. The summed E-state index contributed by atoms with van der Waals surface area (Å²) in [6.07, 6.45) is 0. The molecule has 3 aromatic rings. The third kappa shape index (κ3) is 3.46. The molecule has 25 heavy (non-hydrogen) atoms. The van der Waals surface area contributed by atoms with E-state index in [4.69, 9.17) is 0 Å². The van der Waals surface area contributed by atoms with Crippen LogP contribution in [-0.4, -0.2) is 19.2 Å². The van der Waals surface area contributed by atoms with Crippen LogP contribution in [0.15, 0.2) is 70.7 Å². The molecule has 0 fully saturated rings. The summed E-state index contributed by atoms with van der Waals surface area (Å²) < 4.78 is 37.3. The first-order valence-corrected chi connectivity index (χ1v) is 8.89. The first kappa shape index (κ1) is 16.9. The van der Waals surface area contributed by atoms with Crippen molar-refractivity contribution < 1.29 is 17.9 Å². The number of aromatic hydroxyl groups is 1. The summed E-state index contributed by atoms with van der Waals surface area (Å²) in [6.45, 7) is 1.58. The predicted molar refractivity (Wildman–Crippen MR) is 94.5 cm³/mol. The number of phenols is 1. The highest BCUT2D eigenvalue weighted by Gasteiger charge is 2.14. The molecule has 0 heterocycles. The van der Waals surface area contributed by atoms with Crippen molar-refractivity contribution in [3.05, 3.63) is 72.0 Å². The van der Waals surface area contributed by atoms with Gasteiger partial charge in [0.2, 0.25) is 0 Å². The van der Waals surface area contributed by atoms with Crippen LogP contribution in [0.2, 0.25) is 0 Å². The number of phenolic OH excluding ortho intramolecular Hbond substituents is 1. The average Bonchev–Trinajstić information content (AvgIpc) is 2.61. The molecular weight excluding hydrogens is 343 g/mol. The molecule has 0 atom stereocenters. The summed E-state index contributed by atoms with van der Waals surface area (Å²) >= 11 is 0. The zero-order chi connectivity index (χ0) is 18.0. The maximum Gasteiger partial charge on any atom is 0.276 e. The molecule has 0 aliphatic rings. The average molecular weight is 358 g/mol. The number of fused-ring (bicyclic) bond motifs is 1. The molecule has 2 N–H and O–H groups in total. The lowest BCUT2D eigenvalue weighted by atomic mass is 10.0. The van der Waals surface area contributed by atoms with E-state index in [1.54, 1.807) is 25.1 Å². The highest BCUT2D eigenvalue weighted by atomic mass is 32.2. The molecule has 0 bridgehead atoms. The zero-order valence-electron chi connectivity index (χ0n) is 13.3. The Bertz CT molecular complexity index is 1060. The highest BCUT2D eigenvalue weighted by Crippen LogP contribution is 2.28. The van der Waals surface area contributed by atoms with Gasteiger partial charge in [0, 0.05) is 10.9 Å². The fourth-order valence-electron chi connectivity index (χ4n) is 2.40. The van der Waals surface area contributed by atoms with Gasteiger partial charge in [-0.3, -0.25) is 0 Å². The van der Waals surface area contributed by atoms with Gasteiger partial charge in [-0.25, -0.2) is 4.39 Å². The van der Waals surface area contributed by atoms with Crippen molar-refractivity contribution in [3.8, 4) is 5.75 Å². The van der Waals surface area contributed by atoms with Gasteiger partial charge in [-0.1, -0.05) is 30.3 Å². The van der Waals surface area contributed by atoms with Crippen molar-refractivity contribution in [3.63, 3.8) is 0 Å². The van der Waals surface area contributed by atoms with E-state index in [1.165, 1.54) is 0 Å². The monoisotopic (exact) mass is 358 g/mol. The molecule has 5 nitrogen and oxygen atoms in total. The highest BCUT2D eigenvalue weighted by molar-refractivity contribution is 7.89. The van der Waals surface area contributed by atoms with E-state index in [-0.39, 0.29) is 10.6 Å². The molecule has 128 valence electrons. The van der Waals surface area contributed by atoms with E-state index in [1.807, 2.05) is 18.2 Å². The molecule has 7 heteroatoms. The van der Waals surface area contributed by atoms with Crippen molar-refractivity contribution in [2.24, 2.45) is 5.10 Å². The quantitative estimate of drug-likeness (QED) is 0.554. The molecule has 0 radical (unpaired) electrons. The summed E-state index contributed by atoms with van der Waals surface area (Å²) in [7, 11) is -3.92. The number of rotatable bonds is 4. The number of hydrogen-bond acceptors (Lipinski definition) is 4. The summed E-state index contributed by atoms with van der Waals surface area (Å²) in [5.41, 5.74) is 0.717. The van der Waals surface area contributed by atoms with Crippen LogP contribution in [0, 0.1) is 5.82 Å². The molecule has 0 saturated heterocycles.